The first-order valence-electron chi connectivity index (χ1n) is 19.8. The van der Waals surface area contributed by atoms with Crippen LogP contribution in [-0.4, -0.2) is 77.1 Å². The maximum absolute atomic E-state index is 13.6. The number of fused-ring (bicyclic) bond motifs is 2. The molecule has 2 aliphatic carbocycles. The average Bonchev–Trinajstić information content (AvgIpc) is 3.22. The van der Waals surface area contributed by atoms with Gasteiger partial charge in [-0.1, -0.05) is 66.5 Å². The second-order valence-electron chi connectivity index (χ2n) is 14.7. The summed E-state index contributed by atoms with van der Waals surface area (Å²) in [5, 5.41) is 36.1. The van der Waals surface area contributed by atoms with Gasteiger partial charge in [0.25, 0.3) is 5.69 Å². The third-order valence-corrected chi connectivity index (χ3v) is 11.2. The Hall–Kier alpha value is -5.24. The Kier molecular flexibility index (Phi) is 14.0. The van der Waals surface area contributed by atoms with Gasteiger partial charge in [-0.05, 0) is 79.8 Å². The molecule has 6 atom stereocenters. The van der Waals surface area contributed by atoms with Gasteiger partial charge in [-0.2, -0.15) is 0 Å². The molecular formula is C44H53N3O10. The number of aliphatic hydroxyl groups excluding tert-OH is 2. The molecule has 304 valence electrons. The van der Waals surface area contributed by atoms with Crippen LogP contribution >= 0.6 is 0 Å². The van der Waals surface area contributed by atoms with Crippen molar-refractivity contribution >= 4 is 17.5 Å². The van der Waals surface area contributed by atoms with Crippen LogP contribution in [0, 0.1) is 27.9 Å². The molecular weight excluding hydrogens is 730 g/mol. The molecule has 3 aromatic carbocycles. The van der Waals surface area contributed by atoms with Gasteiger partial charge in [-0.25, -0.2) is 4.79 Å². The normalized spacial score (nSPS) is 24.0. The number of allylic oxidation sites excluding steroid dienone is 1. The first kappa shape index (κ1) is 41.4. The molecule has 13 nitrogen and oxygen atoms in total. The summed E-state index contributed by atoms with van der Waals surface area (Å²) >= 11 is 0. The molecule has 0 spiro atoms. The van der Waals surface area contributed by atoms with E-state index < -0.39 is 28.8 Å². The van der Waals surface area contributed by atoms with E-state index >= 15 is 0 Å². The van der Waals surface area contributed by atoms with Crippen molar-refractivity contribution in [2.24, 2.45) is 22.9 Å². The van der Waals surface area contributed by atoms with Crippen molar-refractivity contribution in [2.75, 3.05) is 33.5 Å². The van der Waals surface area contributed by atoms with Gasteiger partial charge in [0.1, 0.15) is 29.9 Å². The Morgan fingerprint density at radius 2 is 1.79 bits per heavy atom. The van der Waals surface area contributed by atoms with E-state index in [9.17, 15) is 25.1 Å². The average molecular weight is 784 g/mol. The van der Waals surface area contributed by atoms with E-state index in [0.29, 0.717) is 35.8 Å². The van der Waals surface area contributed by atoms with Crippen molar-refractivity contribution in [2.45, 2.75) is 76.2 Å². The fourth-order valence-corrected chi connectivity index (χ4v) is 8.70. The van der Waals surface area contributed by atoms with Gasteiger partial charge in [0.2, 0.25) is 5.79 Å². The van der Waals surface area contributed by atoms with Crippen molar-refractivity contribution in [3.05, 3.63) is 118 Å². The van der Waals surface area contributed by atoms with Crippen LogP contribution in [0.3, 0.4) is 0 Å². The summed E-state index contributed by atoms with van der Waals surface area (Å²) in [6.45, 7) is 6.40. The molecule has 57 heavy (non-hydrogen) atoms. The van der Waals surface area contributed by atoms with E-state index in [1.165, 1.54) is 17.0 Å². The number of nitro groups is 1. The summed E-state index contributed by atoms with van der Waals surface area (Å²) in [7, 11) is 1.68. The van der Waals surface area contributed by atoms with Gasteiger partial charge in [0.05, 0.1) is 35.8 Å². The van der Waals surface area contributed by atoms with Crippen LogP contribution in [-0.2, 0) is 20.9 Å². The van der Waals surface area contributed by atoms with E-state index in [1.807, 2.05) is 42.5 Å². The fraction of sp³-hybridized carbons (Fsp3) is 0.455. The van der Waals surface area contributed by atoms with Gasteiger partial charge >= 0.3 is 6.09 Å². The lowest BCUT2D eigenvalue weighted by Gasteiger charge is -2.59. The minimum atomic E-state index is -1.43. The number of carbonyl (C=O) groups excluding carboxylic acids is 1. The third-order valence-electron chi connectivity index (χ3n) is 11.2. The van der Waals surface area contributed by atoms with E-state index in [2.05, 4.69) is 12.7 Å². The molecule has 1 aliphatic heterocycles. The minimum Gasteiger partial charge on any atom is -0.459 e. The van der Waals surface area contributed by atoms with Crippen LogP contribution in [0.4, 0.5) is 10.5 Å². The zero-order valence-electron chi connectivity index (χ0n) is 32.7. The molecule has 6 rings (SSSR count). The van der Waals surface area contributed by atoms with Gasteiger partial charge < -0.3 is 38.9 Å². The number of benzene rings is 3. The number of ether oxygens (including phenoxy) is 4. The fourth-order valence-electron chi connectivity index (χ4n) is 8.70. The Labute approximate surface area is 333 Å². The van der Waals surface area contributed by atoms with E-state index in [0.717, 1.165) is 42.4 Å². The summed E-state index contributed by atoms with van der Waals surface area (Å²) in [4.78, 5) is 32.4. The van der Waals surface area contributed by atoms with Crippen LogP contribution in [0.5, 0.6) is 17.2 Å². The number of nitrogens with zero attached hydrogens (tertiary/aromatic N) is 3. The van der Waals surface area contributed by atoms with E-state index in [-0.39, 0.29) is 62.9 Å². The van der Waals surface area contributed by atoms with Gasteiger partial charge in [0, 0.05) is 44.2 Å². The molecule has 13 heteroatoms. The maximum Gasteiger partial charge on any atom is 0.409 e. The smallest absolute Gasteiger partial charge is 0.409 e. The number of likely N-dealkylation sites (N-methyl/N-ethyl adjacent to an activating group) is 1. The van der Waals surface area contributed by atoms with Crippen molar-refractivity contribution in [1.29, 1.82) is 0 Å². The molecule has 0 aromatic heterocycles. The molecule has 6 unspecified atom stereocenters. The Bertz CT molecular complexity index is 1920. The maximum atomic E-state index is 13.6. The first-order chi connectivity index (χ1) is 27.7. The highest BCUT2D eigenvalue weighted by Gasteiger charge is 2.65. The molecule has 1 amide bonds. The highest BCUT2D eigenvalue weighted by atomic mass is 16.7. The first-order valence-corrected chi connectivity index (χ1v) is 19.8. The third kappa shape index (κ3) is 9.16. The van der Waals surface area contributed by atoms with E-state index in [1.54, 1.807) is 38.2 Å². The van der Waals surface area contributed by atoms with Crippen molar-refractivity contribution in [1.82, 2.24) is 4.90 Å². The molecule has 0 radical (unpaired) electrons. The van der Waals surface area contributed by atoms with Crippen LogP contribution in [0.1, 0.15) is 68.9 Å². The van der Waals surface area contributed by atoms with Crippen LogP contribution in [0.15, 0.2) is 102 Å². The summed E-state index contributed by atoms with van der Waals surface area (Å²) in [5.74, 6) is -0.838. The Balaban J connectivity index is 1.55. The molecule has 3 aromatic rings. The number of unbranched alkanes of at least 4 members (excludes halogenated alkanes) is 2. The molecule has 1 heterocycles. The summed E-state index contributed by atoms with van der Waals surface area (Å²) in [5.41, 5.74) is 3.28. The van der Waals surface area contributed by atoms with Gasteiger partial charge in [-0.3, -0.25) is 10.1 Å². The van der Waals surface area contributed by atoms with E-state index in [4.69, 9.17) is 28.9 Å². The predicted octanol–water partition coefficient (Wildman–Crippen LogP) is 8.31. The number of aliphatic hydroxyl groups is 2. The standard InChI is InChI=1S/C44H53N3O10/c1-4-24-54-44-40(46(3)43(50)53-5-2)28-38(45-55-29-30-14-7-6-8-15-30)36-25-31(16-9-11-22-48)35(19-10-12-23-49)41(42(36)44)37-27-34(20-21-39(37)57-44)56-33-18-13-17-32(26-33)47(51)52/h4,6-8,13-15,17-18,20-21,25-27,31,35,40-42,48-49H,1,5,9-12,16,19,22-24,28-29H2,2-3H3. The zero-order chi connectivity index (χ0) is 40.4. The lowest BCUT2D eigenvalue weighted by molar-refractivity contribution is -0.384. The number of amides is 1. The minimum absolute atomic E-state index is 0.00421. The predicted molar refractivity (Wildman–Crippen MR) is 214 cm³/mol. The number of carbonyl (C=O) groups is 1. The second kappa shape index (κ2) is 19.3. The lowest BCUT2D eigenvalue weighted by Crippen LogP contribution is -2.69. The summed E-state index contributed by atoms with van der Waals surface area (Å²) in [6, 6.07) is 20.6. The van der Waals surface area contributed by atoms with Crippen LogP contribution in [0.2, 0.25) is 0 Å². The van der Waals surface area contributed by atoms with Crippen molar-refractivity contribution in [3.8, 4) is 17.2 Å². The van der Waals surface area contributed by atoms with Crippen LogP contribution < -0.4 is 9.47 Å². The molecule has 0 saturated heterocycles. The largest absolute Gasteiger partial charge is 0.459 e. The van der Waals surface area contributed by atoms with Gasteiger partial charge in [-0.15, -0.1) is 6.58 Å². The van der Waals surface area contributed by atoms with Crippen molar-refractivity contribution in [3.63, 3.8) is 0 Å². The topological polar surface area (TPSA) is 162 Å². The number of nitro benzene ring substituents is 1. The monoisotopic (exact) mass is 783 g/mol. The van der Waals surface area contributed by atoms with Crippen molar-refractivity contribution < 1.29 is 43.7 Å². The van der Waals surface area contributed by atoms with Crippen LogP contribution in [0.25, 0.3) is 0 Å². The zero-order valence-corrected chi connectivity index (χ0v) is 32.7. The molecule has 1 saturated carbocycles. The highest BCUT2D eigenvalue weighted by molar-refractivity contribution is 6.02. The number of rotatable bonds is 19. The molecule has 3 aliphatic rings. The molecule has 1 fully saturated rings. The number of oxime groups is 1. The SMILES string of the molecule is C=CCOC12Oc3ccc(Oc4cccc([N+](=O)[O-])c4)cc3C3C(CCCCO)C(CCCCO)C=C(C(=NOCc4ccccc4)CC1N(C)C(=O)OCC)C32. The molecule has 0 bridgehead atoms. The quantitative estimate of drug-likeness (QED) is 0.0523. The summed E-state index contributed by atoms with van der Waals surface area (Å²) in [6.07, 6.45) is 8.02. The highest BCUT2D eigenvalue weighted by Crippen LogP contribution is 2.62. The Morgan fingerprint density at radius 3 is 2.51 bits per heavy atom. The lowest BCUT2D eigenvalue weighted by atomic mass is 9.55. The number of non-ortho nitro benzene ring substituents is 1. The number of hydrogen-bond acceptors (Lipinski definition) is 11. The Morgan fingerprint density at radius 1 is 1.04 bits per heavy atom. The second-order valence-corrected chi connectivity index (χ2v) is 14.7. The van der Waals surface area contributed by atoms with Gasteiger partial charge in [0.15, 0.2) is 0 Å². The summed E-state index contributed by atoms with van der Waals surface area (Å²) < 4.78 is 25.8. The number of hydrogen-bond donors (Lipinski definition) is 2. The molecule has 2 N–H and O–H groups in total.